The maximum absolute atomic E-state index is 15.3. The molecule has 136 heavy (non-hydrogen) atoms. The number of ketones is 4. The summed E-state index contributed by atoms with van der Waals surface area (Å²) in [7, 11) is 11.8. The number of amides is 12. The minimum absolute atomic E-state index is 0.148. The van der Waals surface area contributed by atoms with Crippen molar-refractivity contribution in [1.82, 2.24) is 49.2 Å². The van der Waals surface area contributed by atoms with Crippen molar-refractivity contribution in [1.29, 1.82) is 0 Å². The second-order valence-corrected chi connectivity index (χ2v) is 38.8. The number of Topliss-reactive ketones (excluding diaryl/α,β-unsaturated/α-hetero) is 4. The molecule has 0 bridgehead atoms. The van der Waals surface area contributed by atoms with Gasteiger partial charge < -0.3 is 58.6 Å². The smallest absolute Gasteiger partial charge is 0.307 e. The summed E-state index contributed by atoms with van der Waals surface area (Å²) < 4.78 is 24.3. The number of benzene rings is 2. The summed E-state index contributed by atoms with van der Waals surface area (Å²) in [6.07, 6.45) is 0.133. The molecule has 0 aliphatic carbocycles. The lowest BCUT2D eigenvalue weighted by molar-refractivity contribution is -0.167. The molecule has 34 nitrogen and oxygen atoms in total. The van der Waals surface area contributed by atoms with Crippen LogP contribution in [0.5, 0.6) is 0 Å². The van der Waals surface area contributed by atoms with E-state index in [9.17, 15) is 58.2 Å². The molecule has 0 saturated carbocycles. The van der Waals surface area contributed by atoms with Gasteiger partial charge in [-0.3, -0.25) is 106 Å². The lowest BCUT2D eigenvalue weighted by Crippen LogP contribution is -2.55. The van der Waals surface area contributed by atoms with Crippen molar-refractivity contribution in [2.75, 3.05) is 95.9 Å². The highest BCUT2D eigenvalue weighted by molar-refractivity contribution is 6.14. The summed E-state index contributed by atoms with van der Waals surface area (Å²) in [5.41, 5.74) is 1.54. The first-order valence-corrected chi connectivity index (χ1v) is 48.3. The molecule has 4 aliphatic heterocycles. The Hall–Kier alpha value is -10.6. The van der Waals surface area contributed by atoms with Gasteiger partial charge in [0.2, 0.25) is 47.3 Å². The lowest BCUT2D eigenvalue weighted by atomic mass is 9.83. The van der Waals surface area contributed by atoms with Gasteiger partial charge in [-0.2, -0.15) is 0 Å². The van der Waals surface area contributed by atoms with Gasteiger partial charge in [-0.25, -0.2) is 0 Å². The van der Waals surface area contributed by atoms with Crippen LogP contribution in [-0.2, 0) is 118 Å². The topological polar surface area (TPSA) is 417 Å². The van der Waals surface area contributed by atoms with Crippen molar-refractivity contribution in [3.63, 3.8) is 0 Å². The Morgan fingerprint density at radius 3 is 0.985 bits per heavy atom. The Bertz CT molecular complexity index is 4220. The van der Waals surface area contributed by atoms with E-state index in [1.165, 1.54) is 62.1 Å². The fourth-order valence-corrected chi connectivity index (χ4v) is 20.1. The number of rotatable bonds is 58. The van der Waals surface area contributed by atoms with Gasteiger partial charge in [0.25, 0.3) is 23.6 Å². The number of likely N-dealkylation sites (N-methyl/N-ethyl adjacent to an activating group) is 4. The first kappa shape index (κ1) is 114. The van der Waals surface area contributed by atoms with Gasteiger partial charge in [-0.15, -0.1) is 0 Å². The van der Waals surface area contributed by atoms with Gasteiger partial charge in [0.15, 0.2) is 11.6 Å². The van der Waals surface area contributed by atoms with Crippen LogP contribution in [0.2, 0.25) is 0 Å². The highest BCUT2D eigenvalue weighted by Crippen LogP contribution is 2.37. The number of carbonyl (C=O) groups is 18. The molecular formula is C102H152N10O24. The number of hydrazine groups is 1. The van der Waals surface area contributed by atoms with Crippen LogP contribution in [0.3, 0.4) is 0 Å². The zero-order valence-corrected chi connectivity index (χ0v) is 84.1. The van der Waals surface area contributed by atoms with Gasteiger partial charge in [0, 0.05) is 182 Å². The van der Waals surface area contributed by atoms with Crippen LogP contribution in [0.25, 0.3) is 0 Å². The minimum atomic E-state index is -1.21. The first-order chi connectivity index (χ1) is 64.2. The van der Waals surface area contributed by atoms with Crippen molar-refractivity contribution >= 4 is 106 Å². The SMILES string of the molecule is CCC(C)[C@@H](C(CC(=O)N1CCC[C@H]1C(OC)[C@@H](C)C(=O)C[C@@H](Cc1ccccc1)C(=O)O)OC)N(C)C(=O)[C@@H](CC(=O)[C@H](C(C)C)N(C)C(=O)CCN(C(=O)CCN1C(=O)C=CC1=O)N(CCC(=O)N(C)[C@H](C(=O)C[C@H](C(=O)N(C)[C@@H](C(C)CC)C(CC(=O)N1CCC[C@H]1[C@H](OC)[C@@H](C)C(=O)C[C@@H](Cc1ccccc1)C(=O)O)OC)C(C)C)C(C)C)C(=O)CCN1C(=O)C=CC1=O)C(C)C. The number of imide groups is 2. The first-order valence-electron chi connectivity index (χ1n) is 48.3. The third-order valence-electron chi connectivity index (χ3n) is 28.4. The minimum Gasteiger partial charge on any atom is -0.481 e. The number of carboxylic acids is 2. The monoisotopic (exact) mass is 1900 g/mol. The van der Waals surface area contributed by atoms with Crippen LogP contribution in [0.4, 0.5) is 0 Å². The molecular weight excluding hydrogens is 1750 g/mol. The van der Waals surface area contributed by atoms with Crippen LogP contribution in [0.15, 0.2) is 85.0 Å². The van der Waals surface area contributed by atoms with Crippen LogP contribution in [-0.4, -0.2) is 322 Å². The van der Waals surface area contributed by atoms with E-state index in [1.807, 2.05) is 39.8 Å². The standard InChI is InChI=1S/C102H152N10O24/c1-23-65(11)95(81(133-19)59-91(125)107-47-31-37-75(107)97(135-21)67(13)77(113)55-71(101(129)130)53-69-33-27-25-28-34-69)105(17)99(127)73(61(3)4)57-79(115)93(63(7)8)103(15)83(117)45-51-111(89(123)43-49-109-85(119)39-40-86(109)120)112(90(124)44-50-110-87(121)41-42-88(110)122)52-46-84(118)104(16)94(64(9)10)80(116)58-74(62(5)6)100(128)106(18)96(66(12)24-2)82(134-20)60-92(126)108-48-32-38-76(108)98(136-22)68(14)78(114)56-72(102(131)132)54-70-35-29-26-30-36-70/h25-30,33-36,39-42,61-68,71-76,81-82,93-98H,23-24,31-32,37-38,43-60H2,1-22H3,(H,129,130)(H,131,132)/t65?,66?,67-,68-,71+,72+,73-,74-,75-,76-,81?,82?,93-,94-,95-,96-,97+,98?/m0/s1. The molecule has 34 heteroatoms. The number of hydrogen-bond acceptors (Lipinski definition) is 22. The fraction of sp³-hybridized carbons (Fsp3) is 0.667. The van der Waals surface area contributed by atoms with Crippen LogP contribution < -0.4 is 0 Å². The van der Waals surface area contributed by atoms with Crippen LogP contribution in [0, 0.1) is 71.0 Å². The molecule has 18 atom stereocenters. The van der Waals surface area contributed by atoms with Crippen LogP contribution >= 0.6 is 0 Å². The molecule has 2 N–H and O–H groups in total. The molecule has 12 amide bonds. The second-order valence-electron chi connectivity index (χ2n) is 38.8. The number of nitrogens with zero attached hydrogens (tertiary/aromatic N) is 10. The van der Waals surface area contributed by atoms with E-state index in [0.29, 0.717) is 51.6 Å². The van der Waals surface area contributed by atoms with E-state index in [0.717, 1.165) is 55.2 Å². The molecule has 0 radical (unpaired) electrons. The molecule has 2 fully saturated rings. The highest BCUT2D eigenvalue weighted by Gasteiger charge is 2.48. The van der Waals surface area contributed by atoms with Crippen molar-refractivity contribution in [3.05, 3.63) is 96.1 Å². The highest BCUT2D eigenvalue weighted by atomic mass is 16.5. The number of methoxy groups -OCH3 is 4. The molecule has 5 unspecified atom stereocenters. The zero-order chi connectivity index (χ0) is 102. The van der Waals surface area contributed by atoms with E-state index in [1.54, 1.807) is 142 Å². The van der Waals surface area contributed by atoms with Gasteiger partial charge in [-0.1, -0.05) is 170 Å². The van der Waals surface area contributed by atoms with Crippen molar-refractivity contribution in [3.8, 4) is 0 Å². The fourth-order valence-electron chi connectivity index (χ4n) is 20.1. The molecule has 2 saturated heterocycles. The number of ether oxygens (including phenoxy) is 4. The number of likely N-dealkylation sites (tertiary alicyclic amines) is 2. The molecule has 6 rings (SSSR count). The van der Waals surface area contributed by atoms with Gasteiger partial charge in [-0.05, 0) is 85.2 Å². The van der Waals surface area contributed by atoms with E-state index >= 15 is 38.4 Å². The third-order valence-corrected chi connectivity index (χ3v) is 28.4. The Labute approximate surface area is 802 Å². The van der Waals surface area contributed by atoms with E-state index in [2.05, 4.69) is 0 Å². The Morgan fingerprint density at radius 1 is 0.397 bits per heavy atom. The average molecular weight is 1900 g/mol. The summed E-state index contributed by atoms with van der Waals surface area (Å²) >= 11 is 0. The van der Waals surface area contributed by atoms with Gasteiger partial charge in [0.1, 0.15) is 11.6 Å². The largest absolute Gasteiger partial charge is 0.481 e. The maximum atomic E-state index is 15.3. The normalized spacial score (nSPS) is 18.6. The molecule has 4 heterocycles. The molecule has 4 aliphatic rings. The van der Waals surface area contributed by atoms with Crippen molar-refractivity contribution in [2.45, 2.75) is 273 Å². The predicted molar refractivity (Wildman–Crippen MR) is 506 cm³/mol. The summed E-state index contributed by atoms with van der Waals surface area (Å²) in [4.78, 5) is 266. The van der Waals surface area contributed by atoms with Crippen LogP contribution in [0.1, 0.15) is 211 Å². The molecule has 754 valence electrons. The Kier molecular flexibility index (Phi) is 45.3. The molecule has 2 aromatic carbocycles. The van der Waals surface area contributed by atoms with E-state index in [-0.39, 0.29) is 86.6 Å². The zero-order valence-electron chi connectivity index (χ0n) is 84.1. The number of carboxylic acid groups (broad SMARTS) is 2. The third kappa shape index (κ3) is 30.2. The number of carbonyl (C=O) groups excluding carboxylic acids is 16. The molecule has 2 aromatic rings. The maximum Gasteiger partial charge on any atom is 0.307 e. The molecule has 0 spiro atoms. The average Bonchev–Trinajstić information content (AvgIpc) is 1.57. The van der Waals surface area contributed by atoms with Crippen molar-refractivity contribution in [2.24, 2.45) is 71.0 Å². The summed E-state index contributed by atoms with van der Waals surface area (Å²) in [5, 5.41) is 22.1. The second kappa shape index (κ2) is 54.0. The quantitative estimate of drug-likeness (QED) is 0.0460. The van der Waals surface area contributed by atoms with Gasteiger partial charge in [0.05, 0.1) is 98.4 Å². The Balaban J connectivity index is 1.22. The summed E-state index contributed by atoms with van der Waals surface area (Å²) in [6, 6.07) is 13.1. The van der Waals surface area contributed by atoms with Gasteiger partial charge >= 0.3 is 11.9 Å². The Morgan fingerprint density at radius 2 is 0.713 bits per heavy atom. The summed E-state index contributed by atoms with van der Waals surface area (Å²) in [6.45, 7) is 23.4. The predicted octanol–water partition coefficient (Wildman–Crippen LogP) is 9.04. The number of aliphatic carboxylic acids is 2. The summed E-state index contributed by atoms with van der Waals surface area (Å²) in [5.74, 6) is -20.0. The van der Waals surface area contributed by atoms with E-state index in [4.69, 9.17) is 18.9 Å². The molecule has 0 aromatic heterocycles. The van der Waals surface area contributed by atoms with E-state index < -0.39 is 254 Å². The van der Waals surface area contributed by atoms with Crippen molar-refractivity contribution < 1.29 is 115 Å². The number of hydrogen-bond donors (Lipinski definition) is 2. The lowest BCUT2D eigenvalue weighted by Gasteiger charge is -2.41.